The second kappa shape index (κ2) is 8.82. The summed E-state index contributed by atoms with van der Waals surface area (Å²) in [5.41, 5.74) is -1.38. The van der Waals surface area contributed by atoms with Crippen molar-refractivity contribution < 1.29 is 23.4 Å². The Balaban J connectivity index is 3.42. The first kappa shape index (κ1) is 26.4. The average molecular weight is 427 g/mol. The zero-order valence-electron chi connectivity index (χ0n) is 20.3. The molecule has 0 radical (unpaired) electrons. The summed E-state index contributed by atoms with van der Waals surface area (Å²) in [6.07, 6.45) is 6.56. The molecule has 0 aliphatic carbocycles. The topological polar surface area (TPSA) is 46.2 Å². The van der Waals surface area contributed by atoms with Crippen molar-refractivity contribution in [1.82, 2.24) is 0 Å². The van der Waals surface area contributed by atoms with Gasteiger partial charge >= 0.3 is 0 Å². The van der Waals surface area contributed by atoms with Gasteiger partial charge in [-0.2, -0.15) is 0 Å². The van der Waals surface area contributed by atoms with Crippen LogP contribution in [0.5, 0.6) is 0 Å². The van der Waals surface area contributed by atoms with Gasteiger partial charge in [-0.1, -0.05) is 46.6 Å². The molecule has 0 unspecified atom stereocenters. The van der Waals surface area contributed by atoms with Crippen LogP contribution in [0.25, 0.3) is 0 Å². The van der Waals surface area contributed by atoms with Crippen LogP contribution in [0.3, 0.4) is 0 Å². The highest BCUT2D eigenvalue weighted by atomic mass is 28.4. The molecule has 1 aliphatic heterocycles. The van der Waals surface area contributed by atoms with Gasteiger partial charge < -0.3 is 23.4 Å². The van der Waals surface area contributed by atoms with Crippen molar-refractivity contribution in [3.63, 3.8) is 0 Å². The van der Waals surface area contributed by atoms with Crippen molar-refractivity contribution in [2.45, 2.75) is 103 Å². The van der Waals surface area contributed by atoms with Gasteiger partial charge in [0.1, 0.15) is 24.6 Å². The van der Waals surface area contributed by atoms with Crippen molar-refractivity contribution in [1.29, 1.82) is 0 Å². The summed E-state index contributed by atoms with van der Waals surface area (Å²) in [7, 11) is -0.588. The van der Waals surface area contributed by atoms with Gasteiger partial charge in [-0.3, -0.25) is 0 Å². The van der Waals surface area contributed by atoms with Crippen molar-refractivity contribution in [3.8, 4) is 12.3 Å². The Bertz CT molecular complexity index is 614. The van der Waals surface area contributed by atoms with Crippen LogP contribution in [0.1, 0.15) is 55.4 Å². The fourth-order valence-electron chi connectivity index (χ4n) is 3.28. The zero-order valence-corrected chi connectivity index (χ0v) is 21.3. The average Bonchev–Trinajstić information content (AvgIpc) is 2.89. The number of rotatable bonds is 9. The molecule has 1 fully saturated rings. The van der Waals surface area contributed by atoms with Gasteiger partial charge in [-0.15, -0.1) is 13.0 Å². The molecule has 0 aromatic carbocycles. The molecule has 168 valence electrons. The van der Waals surface area contributed by atoms with E-state index in [9.17, 15) is 0 Å². The lowest BCUT2D eigenvalue weighted by Gasteiger charge is -2.46. The smallest absolute Gasteiger partial charge is 0.194 e. The molecule has 1 heterocycles. The number of methoxy groups -OCH3 is 1. The highest BCUT2D eigenvalue weighted by molar-refractivity contribution is 6.74. The molecule has 1 aliphatic rings. The molecule has 4 atom stereocenters. The van der Waals surface area contributed by atoms with E-state index in [0.717, 1.165) is 0 Å². The summed E-state index contributed by atoms with van der Waals surface area (Å²) in [4.78, 5) is 0. The van der Waals surface area contributed by atoms with Crippen molar-refractivity contribution in [2.24, 2.45) is 5.41 Å². The molecule has 5 nitrogen and oxygen atoms in total. The van der Waals surface area contributed by atoms with E-state index in [0.29, 0.717) is 0 Å². The predicted octanol–water partition coefficient (Wildman–Crippen LogP) is 5.12. The van der Waals surface area contributed by atoms with Crippen LogP contribution in [0, 0.1) is 17.8 Å². The van der Waals surface area contributed by atoms with Crippen LogP contribution in [0.15, 0.2) is 12.7 Å². The van der Waals surface area contributed by atoms with Gasteiger partial charge in [0.15, 0.2) is 14.1 Å². The Kier molecular flexibility index (Phi) is 8.01. The minimum atomic E-state index is -2.18. The van der Waals surface area contributed by atoms with Gasteiger partial charge in [0, 0.05) is 12.5 Å². The van der Waals surface area contributed by atoms with E-state index in [1.807, 2.05) is 40.7 Å². The van der Waals surface area contributed by atoms with Crippen molar-refractivity contribution in [3.05, 3.63) is 12.7 Å². The molecule has 0 amide bonds. The van der Waals surface area contributed by atoms with Crippen LogP contribution in [-0.2, 0) is 23.4 Å². The van der Waals surface area contributed by atoms with Gasteiger partial charge in [0.05, 0.1) is 6.10 Å². The van der Waals surface area contributed by atoms with Gasteiger partial charge in [-0.25, -0.2) is 0 Å². The molecule has 0 saturated carbocycles. The van der Waals surface area contributed by atoms with Crippen molar-refractivity contribution in [2.75, 3.05) is 13.9 Å². The Labute approximate surface area is 179 Å². The van der Waals surface area contributed by atoms with E-state index in [1.54, 1.807) is 7.11 Å². The monoisotopic (exact) mass is 426 g/mol. The molecular formula is C23H42O5Si. The second-order valence-electron chi connectivity index (χ2n) is 10.7. The first-order valence-corrected chi connectivity index (χ1v) is 13.1. The van der Waals surface area contributed by atoms with E-state index in [1.165, 1.54) is 0 Å². The third-order valence-electron chi connectivity index (χ3n) is 6.16. The van der Waals surface area contributed by atoms with Crippen LogP contribution in [-0.4, -0.2) is 51.9 Å². The zero-order chi connectivity index (χ0) is 22.9. The predicted molar refractivity (Wildman–Crippen MR) is 120 cm³/mol. The molecule has 1 rings (SSSR count). The molecular weight excluding hydrogens is 384 g/mol. The third kappa shape index (κ3) is 5.93. The number of hydrogen-bond donors (Lipinski definition) is 0. The third-order valence-corrected chi connectivity index (χ3v) is 10.7. The molecule has 0 spiro atoms. The Hall–Kier alpha value is -0.683. The Morgan fingerprint density at radius 3 is 2.14 bits per heavy atom. The number of terminal acetylenes is 1. The summed E-state index contributed by atoms with van der Waals surface area (Å²) in [6.45, 7) is 24.8. The Morgan fingerprint density at radius 1 is 1.17 bits per heavy atom. The molecule has 6 heteroatoms. The van der Waals surface area contributed by atoms with Crippen LogP contribution in [0.2, 0.25) is 18.1 Å². The highest BCUT2D eigenvalue weighted by Crippen LogP contribution is 2.46. The lowest BCUT2D eigenvalue weighted by atomic mass is 9.79. The van der Waals surface area contributed by atoms with E-state index in [2.05, 4.69) is 46.4 Å². The van der Waals surface area contributed by atoms with Gasteiger partial charge in [0.25, 0.3) is 0 Å². The first-order valence-electron chi connectivity index (χ1n) is 10.2. The lowest BCUT2D eigenvalue weighted by molar-refractivity contribution is -0.184. The minimum Gasteiger partial charge on any atom is -0.399 e. The van der Waals surface area contributed by atoms with Crippen LogP contribution >= 0.6 is 0 Å². The quantitative estimate of drug-likeness (QED) is 0.222. The highest BCUT2D eigenvalue weighted by Gasteiger charge is 2.58. The fraction of sp³-hybridized carbons (Fsp3) is 0.826. The lowest BCUT2D eigenvalue weighted by Crippen LogP contribution is -2.59. The summed E-state index contributed by atoms with van der Waals surface area (Å²) >= 11 is 0. The SMILES string of the molecule is C#C[C@@](C)(O[Si](C)(C)C(C)(C)C)[C@@H]1OC(C)(C)O[C@@H]1[C@@H](OCOC)C(C)(C)C=C. The summed E-state index contributed by atoms with van der Waals surface area (Å²) in [5, 5.41) is 0.00191. The Morgan fingerprint density at radius 2 is 1.72 bits per heavy atom. The maximum atomic E-state index is 6.73. The van der Waals surface area contributed by atoms with E-state index in [4.69, 9.17) is 29.8 Å². The standard InChI is InChI=1S/C23H42O5Si/c1-14-21(6,7)18(25-16-24-11)17-19(27-22(8,9)26-17)23(10,15-2)28-29(12,13)20(3,4)5/h2,14,17-19H,1,16H2,3-13H3/t17-,18-,19-,23-/m1/s1. The molecule has 0 bridgehead atoms. The molecule has 1 saturated heterocycles. The summed E-state index contributed by atoms with van der Waals surface area (Å²) in [5.74, 6) is 2.07. The van der Waals surface area contributed by atoms with Crippen LogP contribution < -0.4 is 0 Å². The van der Waals surface area contributed by atoms with Crippen LogP contribution in [0.4, 0.5) is 0 Å². The molecule has 29 heavy (non-hydrogen) atoms. The summed E-state index contributed by atoms with van der Waals surface area (Å²) < 4.78 is 30.7. The van der Waals surface area contributed by atoms with E-state index < -0.39 is 37.3 Å². The maximum absolute atomic E-state index is 6.73. The molecule has 0 aromatic rings. The fourth-order valence-corrected chi connectivity index (χ4v) is 4.82. The summed E-state index contributed by atoms with van der Waals surface area (Å²) in [6, 6.07) is 0. The largest absolute Gasteiger partial charge is 0.399 e. The minimum absolute atomic E-state index is 0.00191. The van der Waals surface area contributed by atoms with E-state index in [-0.39, 0.29) is 17.9 Å². The number of hydrogen-bond acceptors (Lipinski definition) is 5. The van der Waals surface area contributed by atoms with Gasteiger partial charge in [-0.05, 0) is 38.9 Å². The molecule has 0 N–H and O–H groups in total. The van der Waals surface area contributed by atoms with Gasteiger partial charge in [0.2, 0.25) is 0 Å². The molecule has 0 aromatic heterocycles. The second-order valence-corrected chi connectivity index (χ2v) is 15.4. The number of ether oxygens (including phenoxy) is 4. The van der Waals surface area contributed by atoms with Crippen molar-refractivity contribution >= 4 is 8.32 Å². The first-order chi connectivity index (χ1) is 13.0. The normalized spacial score (nSPS) is 25.9. The maximum Gasteiger partial charge on any atom is 0.194 e. The van der Waals surface area contributed by atoms with E-state index >= 15 is 0 Å².